The number of nitrogens with one attached hydrogen (secondary N) is 2. The average molecular weight is 442 g/mol. The minimum atomic E-state index is -0.469. The molecule has 8 heteroatoms. The number of carbonyl (C=O) groups is 2. The standard InChI is InChI=1S/C16H15IN2O5/c1-23-13-4-3-9(5-14(13)24-2)16(22)19-8-12(20)10-6-18-7-11(17)15(10)21/h3-7H,8H2,1-2H3,(H,18,21)(H,19,22). The molecule has 1 aromatic heterocycles. The predicted molar refractivity (Wildman–Crippen MR) is 96.0 cm³/mol. The van der Waals surface area contributed by atoms with Crippen molar-refractivity contribution in [3.63, 3.8) is 0 Å². The van der Waals surface area contributed by atoms with E-state index in [4.69, 9.17) is 9.47 Å². The number of amides is 1. The molecule has 1 amide bonds. The molecule has 2 N–H and O–H groups in total. The Kier molecular flexibility index (Phi) is 5.96. The number of H-pyrrole nitrogens is 1. The second-order valence-electron chi connectivity index (χ2n) is 4.72. The summed E-state index contributed by atoms with van der Waals surface area (Å²) in [5, 5.41) is 2.49. The molecule has 126 valence electrons. The van der Waals surface area contributed by atoms with E-state index in [1.54, 1.807) is 12.1 Å². The third-order valence-electron chi connectivity index (χ3n) is 3.25. The number of Topliss-reactive ketones (excluding diaryl/α,β-unsaturated/α-hetero) is 1. The SMILES string of the molecule is COc1ccc(C(=O)NCC(=O)c2c[nH]cc(I)c2=O)cc1OC. The fourth-order valence-corrected chi connectivity index (χ4v) is 2.47. The lowest BCUT2D eigenvalue weighted by Gasteiger charge is -2.09. The molecule has 2 aromatic rings. The number of hydrogen-bond acceptors (Lipinski definition) is 5. The monoisotopic (exact) mass is 442 g/mol. The minimum Gasteiger partial charge on any atom is -0.493 e. The van der Waals surface area contributed by atoms with Crippen molar-refractivity contribution in [2.24, 2.45) is 0 Å². The Balaban J connectivity index is 2.09. The molecule has 0 radical (unpaired) electrons. The van der Waals surface area contributed by atoms with Gasteiger partial charge in [-0.05, 0) is 40.8 Å². The number of rotatable bonds is 6. The van der Waals surface area contributed by atoms with Crippen molar-refractivity contribution in [3.8, 4) is 11.5 Å². The second-order valence-corrected chi connectivity index (χ2v) is 5.88. The molecule has 24 heavy (non-hydrogen) atoms. The zero-order chi connectivity index (χ0) is 17.7. The number of halogens is 1. The van der Waals surface area contributed by atoms with Gasteiger partial charge in [-0.2, -0.15) is 0 Å². The van der Waals surface area contributed by atoms with Crippen molar-refractivity contribution >= 4 is 34.3 Å². The number of carbonyl (C=O) groups excluding carboxylic acids is 2. The maximum absolute atomic E-state index is 12.2. The Labute approximate surface area is 151 Å². The highest BCUT2D eigenvalue weighted by atomic mass is 127. The number of methoxy groups -OCH3 is 2. The molecule has 0 atom stereocenters. The molecule has 0 fully saturated rings. The largest absolute Gasteiger partial charge is 0.493 e. The van der Waals surface area contributed by atoms with Crippen molar-refractivity contribution < 1.29 is 19.1 Å². The topological polar surface area (TPSA) is 97.5 Å². The third kappa shape index (κ3) is 3.94. The van der Waals surface area contributed by atoms with Gasteiger partial charge in [-0.15, -0.1) is 0 Å². The molecule has 0 aliphatic rings. The van der Waals surface area contributed by atoms with Gasteiger partial charge in [0.25, 0.3) is 5.91 Å². The van der Waals surface area contributed by atoms with Crippen LogP contribution in [-0.4, -0.2) is 37.4 Å². The van der Waals surface area contributed by atoms with Crippen LogP contribution < -0.4 is 20.2 Å². The summed E-state index contributed by atoms with van der Waals surface area (Å²) in [6, 6.07) is 4.66. The van der Waals surface area contributed by atoms with Crippen molar-refractivity contribution in [1.29, 1.82) is 0 Å². The van der Waals surface area contributed by atoms with Gasteiger partial charge in [0.05, 0.1) is 29.9 Å². The molecule has 0 unspecified atom stereocenters. The minimum absolute atomic E-state index is 0.00881. The van der Waals surface area contributed by atoms with Crippen molar-refractivity contribution in [1.82, 2.24) is 10.3 Å². The van der Waals surface area contributed by atoms with E-state index in [1.807, 2.05) is 22.6 Å². The Morgan fingerprint density at radius 3 is 2.54 bits per heavy atom. The zero-order valence-electron chi connectivity index (χ0n) is 13.0. The molecule has 0 aliphatic heterocycles. The van der Waals surface area contributed by atoms with Gasteiger partial charge >= 0.3 is 0 Å². The molecular formula is C16H15IN2O5. The first kappa shape index (κ1) is 18.0. The molecule has 0 bridgehead atoms. The summed E-state index contributed by atoms with van der Waals surface area (Å²) in [6.07, 6.45) is 2.83. The zero-order valence-corrected chi connectivity index (χ0v) is 15.2. The van der Waals surface area contributed by atoms with Crippen LogP contribution in [0.2, 0.25) is 0 Å². The van der Waals surface area contributed by atoms with Gasteiger partial charge in [-0.1, -0.05) is 0 Å². The Morgan fingerprint density at radius 2 is 1.88 bits per heavy atom. The van der Waals surface area contributed by atoms with E-state index in [0.29, 0.717) is 20.6 Å². The van der Waals surface area contributed by atoms with Crippen LogP contribution in [0.3, 0.4) is 0 Å². The van der Waals surface area contributed by atoms with Gasteiger partial charge in [0, 0.05) is 18.0 Å². The van der Waals surface area contributed by atoms with E-state index in [1.165, 1.54) is 32.7 Å². The number of aromatic nitrogens is 1. The molecule has 0 spiro atoms. The summed E-state index contributed by atoms with van der Waals surface area (Å²) in [6.45, 7) is -0.281. The van der Waals surface area contributed by atoms with Gasteiger partial charge in [-0.25, -0.2) is 0 Å². The predicted octanol–water partition coefficient (Wildman–Crippen LogP) is 1.61. The van der Waals surface area contributed by atoms with Crippen LogP contribution in [0.1, 0.15) is 20.7 Å². The van der Waals surface area contributed by atoms with E-state index in [-0.39, 0.29) is 17.5 Å². The smallest absolute Gasteiger partial charge is 0.251 e. The first-order valence-electron chi connectivity index (χ1n) is 6.88. The summed E-state index contributed by atoms with van der Waals surface area (Å²) in [4.78, 5) is 38.9. The van der Waals surface area contributed by atoms with E-state index < -0.39 is 11.7 Å². The van der Waals surface area contributed by atoms with Crippen molar-refractivity contribution in [2.45, 2.75) is 0 Å². The summed E-state index contributed by atoms with van der Waals surface area (Å²) < 4.78 is 10.6. The third-order valence-corrected chi connectivity index (χ3v) is 4.06. The van der Waals surface area contributed by atoms with Crippen LogP contribution in [0.15, 0.2) is 35.4 Å². The quantitative estimate of drug-likeness (QED) is 0.524. The van der Waals surface area contributed by atoms with Crippen molar-refractivity contribution in [3.05, 3.63) is 55.5 Å². The normalized spacial score (nSPS) is 10.1. The molecule has 1 heterocycles. The number of benzene rings is 1. The lowest BCUT2D eigenvalue weighted by molar-refractivity contribution is 0.0903. The Hall–Kier alpha value is -2.36. The number of pyridine rings is 1. The van der Waals surface area contributed by atoms with Gasteiger partial charge in [0.2, 0.25) is 5.43 Å². The van der Waals surface area contributed by atoms with Crippen LogP contribution >= 0.6 is 22.6 Å². The summed E-state index contributed by atoms with van der Waals surface area (Å²) in [5.41, 5.74) is -0.0359. The van der Waals surface area contributed by atoms with Gasteiger partial charge in [0.15, 0.2) is 17.3 Å². The average Bonchev–Trinajstić information content (AvgIpc) is 2.60. The van der Waals surface area contributed by atoms with E-state index in [2.05, 4.69) is 10.3 Å². The molecule has 7 nitrogen and oxygen atoms in total. The van der Waals surface area contributed by atoms with E-state index >= 15 is 0 Å². The van der Waals surface area contributed by atoms with Crippen LogP contribution in [0.5, 0.6) is 11.5 Å². The Morgan fingerprint density at radius 1 is 1.17 bits per heavy atom. The highest BCUT2D eigenvalue weighted by Crippen LogP contribution is 2.27. The fraction of sp³-hybridized carbons (Fsp3) is 0.188. The molecule has 1 aromatic carbocycles. The second kappa shape index (κ2) is 7.95. The fourth-order valence-electron chi connectivity index (χ4n) is 2.00. The molecular weight excluding hydrogens is 427 g/mol. The number of ether oxygens (including phenoxy) is 2. The summed E-state index contributed by atoms with van der Waals surface area (Å²) in [7, 11) is 2.96. The first-order valence-corrected chi connectivity index (χ1v) is 7.95. The van der Waals surface area contributed by atoms with Gasteiger partial charge < -0.3 is 19.8 Å². The Bertz CT molecular complexity index is 831. The lowest BCUT2D eigenvalue weighted by Crippen LogP contribution is -2.32. The van der Waals surface area contributed by atoms with Crippen LogP contribution in [-0.2, 0) is 0 Å². The molecule has 2 rings (SSSR count). The van der Waals surface area contributed by atoms with Crippen LogP contribution in [0.4, 0.5) is 0 Å². The maximum atomic E-state index is 12.2. The van der Waals surface area contributed by atoms with Gasteiger partial charge in [0.1, 0.15) is 0 Å². The highest BCUT2D eigenvalue weighted by molar-refractivity contribution is 14.1. The van der Waals surface area contributed by atoms with E-state index in [9.17, 15) is 14.4 Å². The highest BCUT2D eigenvalue weighted by Gasteiger charge is 2.15. The van der Waals surface area contributed by atoms with Crippen LogP contribution in [0.25, 0.3) is 0 Å². The first-order chi connectivity index (χ1) is 11.5. The molecule has 0 saturated carbocycles. The number of ketones is 1. The molecule has 0 aliphatic carbocycles. The number of hydrogen-bond donors (Lipinski definition) is 2. The summed E-state index contributed by atoms with van der Waals surface area (Å²) >= 11 is 1.84. The van der Waals surface area contributed by atoms with E-state index in [0.717, 1.165) is 0 Å². The van der Waals surface area contributed by atoms with Crippen molar-refractivity contribution in [2.75, 3.05) is 20.8 Å². The maximum Gasteiger partial charge on any atom is 0.251 e. The van der Waals surface area contributed by atoms with Gasteiger partial charge in [-0.3, -0.25) is 14.4 Å². The lowest BCUT2D eigenvalue weighted by atomic mass is 10.1. The molecule has 0 saturated heterocycles. The summed E-state index contributed by atoms with van der Waals surface area (Å²) in [5.74, 6) is -0.0176. The van der Waals surface area contributed by atoms with Crippen LogP contribution in [0, 0.1) is 3.57 Å². The number of aromatic amines is 1.